The maximum absolute atomic E-state index is 10.7. The second-order valence-electron chi connectivity index (χ2n) is 4.35. The monoisotopic (exact) mass is 308 g/mol. The Hall–Kier alpha value is -1.80. The fraction of sp³-hybridized carbons (Fsp3) is 0.545. The van der Waals surface area contributed by atoms with Gasteiger partial charge in [0.1, 0.15) is 5.84 Å². The van der Waals surface area contributed by atoms with Crippen LogP contribution in [0.25, 0.3) is 0 Å². The molecule has 0 bridgehead atoms. The van der Waals surface area contributed by atoms with Crippen molar-refractivity contribution in [2.24, 2.45) is 16.3 Å². The van der Waals surface area contributed by atoms with Gasteiger partial charge in [-0.3, -0.25) is 0 Å². The zero-order valence-corrected chi connectivity index (χ0v) is 11.9. The van der Waals surface area contributed by atoms with Gasteiger partial charge in [0, 0.05) is 11.3 Å². The minimum Gasteiger partial charge on any atom is -0.478 e. The number of nitrogens with two attached hydrogens (primary N) is 1. The zero-order chi connectivity index (χ0) is 15.8. The van der Waals surface area contributed by atoms with Crippen LogP contribution in [0.5, 0.6) is 0 Å². The van der Waals surface area contributed by atoms with Crippen molar-refractivity contribution in [3.8, 4) is 0 Å². The fourth-order valence-electron chi connectivity index (χ4n) is 0.917. The van der Waals surface area contributed by atoms with Crippen LogP contribution in [0, 0.1) is 5.41 Å². The van der Waals surface area contributed by atoms with Crippen molar-refractivity contribution >= 4 is 29.4 Å². The Balaban J connectivity index is 4.78. The molecule has 0 saturated heterocycles. The third kappa shape index (κ3) is 6.95. The second kappa shape index (κ2) is 8.39. The van der Waals surface area contributed by atoms with E-state index in [9.17, 15) is 9.59 Å². The average Bonchev–Trinajstić information content (AvgIpc) is 2.33. The van der Waals surface area contributed by atoms with Crippen molar-refractivity contribution in [1.82, 2.24) is 0 Å². The Bertz CT molecular complexity index is 419. The standard InChI is InChI=1S/C11H17ClN2O6/c1-11(2,6-19-4-3-12)10(13)14-20-7(9(17)18)5-8(15)16/h5H,3-4,6H2,1-2H3,(H2,13,14)(H,15,16)(H,17,18). The van der Waals surface area contributed by atoms with Gasteiger partial charge in [-0.2, -0.15) is 0 Å². The third-order valence-corrected chi connectivity index (χ3v) is 2.24. The summed E-state index contributed by atoms with van der Waals surface area (Å²) in [5.74, 6) is -3.60. The van der Waals surface area contributed by atoms with Gasteiger partial charge in [-0.25, -0.2) is 9.59 Å². The van der Waals surface area contributed by atoms with E-state index in [1.54, 1.807) is 13.8 Å². The van der Waals surface area contributed by atoms with Crippen LogP contribution in [0.15, 0.2) is 17.0 Å². The van der Waals surface area contributed by atoms with E-state index in [2.05, 4.69) is 9.99 Å². The molecule has 0 radical (unpaired) electrons. The number of carbonyl (C=O) groups is 2. The van der Waals surface area contributed by atoms with Gasteiger partial charge in [0.2, 0.25) is 5.76 Å². The number of amidine groups is 1. The molecule has 4 N–H and O–H groups in total. The number of carboxylic acids is 2. The molecule has 0 spiro atoms. The first kappa shape index (κ1) is 18.2. The molecule has 0 aromatic heterocycles. The molecule has 20 heavy (non-hydrogen) atoms. The molecule has 0 atom stereocenters. The summed E-state index contributed by atoms with van der Waals surface area (Å²) in [4.78, 5) is 25.6. The Morgan fingerprint density at radius 3 is 2.45 bits per heavy atom. The summed E-state index contributed by atoms with van der Waals surface area (Å²) in [5.41, 5.74) is 4.93. The first-order chi connectivity index (χ1) is 9.20. The van der Waals surface area contributed by atoms with Gasteiger partial charge in [0.15, 0.2) is 0 Å². The minimum absolute atomic E-state index is 0.0374. The Kier molecular flexibility index (Phi) is 7.63. The molecule has 0 heterocycles. The summed E-state index contributed by atoms with van der Waals surface area (Å²) in [6, 6.07) is 0. The van der Waals surface area contributed by atoms with E-state index in [0.29, 0.717) is 18.6 Å². The van der Waals surface area contributed by atoms with Crippen molar-refractivity contribution in [1.29, 1.82) is 0 Å². The van der Waals surface area contributed by atoms with E-state index < -0.39 is 23.1 Å². The van der Waals surface area contributed by atoms with Crippen LogP contribution in [0.2, 0.25) is 0 Å². The molecule has 0 unspecified atom stereocenters. The normalized spacial score (nSPS) is 13.2. The number of nitrogens with zero attached hydrogens (tertiary/aromatic N) is 1. The van der Waals surface area contributed by atoms with Crippen LogP contribution in [0.1, 0.15) is 13.8 Å². The van der Waals surface area contributed by atoms with Crippen molar-refractivity contribution in [3.63, 3.8) is 0 Å². The van der Waals surface area contributed by atoms with Gasteiger partial charge in [0.25, 0.3) is 0 Å². The third-order valence-electron chi connectivity index (χ3n) is 2.09. The predicted octanol–water partition coefficient (Wildman–Crippen LogP) is 0.610. The molecule has 0 saturated carbocycles. The lowest BCUT2D eigenvalue weighted by molar-refractivity contribution is -0.138. The Morgan fingerprint density at radius 1 is 1.40 bits per heavy atom. The number of ether oxygens (including phenoxy) is 1. The molecule has 0 aliphatic carbocycles. The Morgan fingerprint density at radius 2 is 2.00 bits per heavy atom. The highest BCUT2D eigenvalue weighted by Gasteiger charge is 2.24. The van der Waals surface area contributed by atoms with E-state index in [1.807, 2.05) is 0 Å². The largest absolute Gasteiger partial charge is 0.478 e. The summed E-state index contributed by atoms with van der Waals surface area (Å²) in [6.45, 7) is 3.93. The van der Waals surface area contributed by atoms with E-state index in [0.717, 1.165) is 0 Å². The smallest absolute Gasteiger partial charge is 0.374 e. The highest BCUT2D eigenvalue weighted by atomic mass is 35.5. The molecule has 0 aromatic carbocycles. The topological polar surface area (TPSA) is 131 Å². The first-order valence-corrected chi connectivity index (χ1v) is 6.06. The number of halogens is 1. The summed E-state index contributed by atoms with van der Waals surface area (Å²) in [7, 11) is 0. The lowest BCUT2D eigenvalue weighted by atomic mass is 9.93. The summed E-state index contributed by atoms with van der Waals surface area (Å²) in [5, 5.41) is 20.6. The molecular weight excluding hydrogens is 292 g/mol. The van der Waals surface area contributed by atoms with Crippen molar-refractivity contribution < 1.29 is 29.4 Å². The molecule has 9 heteroatoms. The number of rotatable bonds is 9. The summed E-state index contributed by atoms with van der Waals surface area (Å²) in [6.07, 6.45) is 0.371. The van der Waals surface area contributed by atoms with Crippen molar-refractivity contribution in [2.45, 2.75) is 13.8 Å². The van der Waals surface area contributed by atoms with Crippen LogP contribution < -0.4 is 5.73 Å². The summed E-state index contributed by atoms with van der Waals surface area (Å²) < 4.78 is 5.21. The molecular formula is C11H17ClN2O6. The maximum atomic E-state index is 10.7. The molecule has 0 amide bonds. The quantitative estimate of drug-likeness (QED) is 0.108. The number of hydrogen-bond donors (Lipinski definition) is 3. The SMILES string of the molecule is CC(C)(COCCCl)/C(N)=N/OC(=CC(=O)O)C(=O)O. The highest BCUT2D eigenvalue weighted by Crippen LogP contribution is 2.16. The molecule has 0 fully saturated rings. The minimum atomic E-state index is -1.57. The summed E-state index contributed by atoms with van der Waals surface area (Å²) >= 11 is 5.46. The van der Waals surface area contributed by atoms with Crippen molar-refractivity contribution in [3.05, 3.63) is 11.8 Å². The lowest BCUT2D eigenvalue weighted by Crippen LogP contribution is -2.36. The van der Waals surface area contributed by atoms with Crippen LogP contribution in [0.4, 0.5) is 0 Å². The second-order valence-corrected chi connectivity index (χ2v) is 4.72. The van der Waals surface area contributed by atoms with Gasteiger partial charge in [-0.05, 0) is 0 Å². The predicted molar refractivity (Wildman–Crippen MR) is 71.4 cm³/mol. The van der Waals surface area contributed by atoms with E-state index >= 15 is 0 Å². The number of carboxylic acid groups (broad SMARTS) is 2. The highest BCUT2D eigenvalue weighted by molar-refractivity contribution is 6.17. The Labute approximate surface area is 120 Å². The van der Waals surface area contributed by atoms with Gasteiger partial charge in [0.05, 0.1) is 19.3 Å². The number of hydrogen-bond acceptors (Lipinski definition) is 5. The van der Waals surface area contributed by atoms with Crippen LogP contribution >= 0.6 is 11.6 Å². The molecule has 8 nitrogen and oxygen atoms in total. The average molecular weight is 309 g/mol. The van der Waals surface area contributed by atoms with Crippen LogP contribution in [-0.2, 0) is 19.2 Å². The van der Waals surface area contributed by atoms with Gasteiger partial charge in [-0.15, -0.1) is 11.6 Å². The molecule has 114 valence electrons. The molecule has 0 aromatic rings. The van der Waals surface area contributed by atoms with Gasteiger partial charge < -0.3 is 25.5 Å². The lowest BCUT2D eigenvalue weighted by Gasteiger charge is -2.22. The van der Waals surface area contributed by atoms with Crippen molar-refractivity contribution in [2.75, 3.05) is 19.1 Å². The molecule has 0 aliphatic heterocycles. The van der Waals surface area contributed by atoms with E-state index in [1.165, 1.54) is 0 Å². The fourth-order valence-corrected chi connectivity index (χ4v) is 1.03. The number of alkyl halides is 1. The first-order valence-electron chi connectivity index (χ1n) is 5.53. The van der Waals surface area contributed by atoms with Crippen LogP contribution in [-0.4, -0.2) is 47.1 Å². The number of oxime groups is 1. The number of aliphatic carboxylic acids is 2. The van der Waals surface area contributed by atoms with Crippen LogP contribution in [0.3, 0.4) is 0 Å². The molecule has 0 aliphatic rings. The van der Waals surface area contributed by atoms with Gasteiger partial charge in [-0.1, -0.05) is 19.0 Å². The maximum Gasteiger partial charge on any atom is 0.374 e. The van der Waals surface area contributed by atoms with Gasteiger partial charge >= 0.3 is 11.9 Å². The van der Waals surface area contributed by atoms with E-state index in [4.69, 9.17) is 32.3 Å². The zero-order valence-electron chi connectivity index (χ0n) is 11.1. The van der Waals surface area contributed by atoms with E-state index in [-0.39, 0.29) is 12.4 Å². The molecule has 0 rings (SSSR count).